The predicted molar refractivity (Wildman–Crippen MR) is 91.3 cm³/mol. The van der Waals surface area contributed by atoms with E-state index in [0.29, 0.717) is 23.7 Å². The van der Waals surface area contributed by atoms with Crippen LogP contribution in [0, 0.1) is 17.3 Å². The van der Waals surface area contributed by atoms with Gasteiger partial charge in [-0.15, -0.1) is 6.58 Å². The topological polar surface area (TPSA) is 65.0 Å². The van der Waals surface area contributed by atoms with Crippen LogP contribution in [0.25, 0.3) is 0 Å². The summed E-state index contributed by atoms with van der Waals surface area (Å²) in [7, 11) is 1.50. The number of hydrogen-bond donors (Lipinski definition) is 1. The molecule has 5 heteroatoms. The Kier molecular flexibility index (Phi) is 3.65. The predicted octanol–water partition coefficient (Wildman–Crippen LogP) is 2.80. The highest BCUT2D eigenvalue weighted by Crippen LogP contribution is 2.61. The molecule has 1 N–H and O–H groups in total. The van der Waals surface area contributed by atoms with Gasteiger partial charge >= 0.3 is 0 Å². The minimum atomic E-state index is -0.762. The Hall–Kier alpha value is -2.27. The first-order chi connectivity index (χ1) is 12.0. The Balaban J connectivity index is 1.83. The van der Waals surface area contributed by atoms with Crippen molar-refractivity contribution in [2.45, 2.75) is 25.4 Å². The summed E-state index contributed by atoms with van der Waals surface area (Å²) in [4.78, 5) is 12.9. The quantitative estimate of drug-likeness (QED) is 0.853. The van der Waals surface area contributed by atoms with Crippen LogP contribution in [0.2, 0.25) is 0 Å². The molecule has 2 aliphatic carbocycles. The molecule has 0 saturated heterocycles. The van der Waals surface area contributed by atoms with Gasteiger partial charge in [-0.2, -0.15) is 0 Å². The second-order valence-corrected chi connectivity index (χ2v) is 7.08. The summed E-state index contributed by atoms with van der Waals surface area (Å²) in [5.41, 5.74) is 0.429. The Morgan fingerprint density at radius 1 is 1.36 bits per heavy atom. The molecule has 1 aliphatic heterocycles. The van der Waals surface area contributed by atoms with Gasteiger partial charge in [0, 0.05) is 11.3 Å². The van der Waals surface area contributed by atoms with E-state index in [1.807, 2.05) is 24.3 Å². The van der Waals surface area contributed by atoms with E-state index in [0.717, 1.165) is 5.56 Å². The molecule has 0 spiro atoms. The lowest BCUT2D eigenvalue weighted by Gasteiger charge is -2.36. The Morgan fingerprint density at radius 2 is 2.12 bits per heavy atom. The van der Waals surface area contributed by atoms with Crippen LogP contribution in [0.4, 0.5) is 0 Å². The number of aliphatic hydroxyl groups is 1. The average Bonchev–Trinajstić information content (AvgIpc) is 3.13. The maximum absolute atomic E-state index is 12.9. The van der Waals surface area contributed by atoms with Crippen molar-refractivity contribution < 1.29 is 24.1 Å². The van der Waals surface area contributed by atoms with Crippen molar-refractivity contribution in [2.24, 2.45) is 17.3 Å². The number of ether oxygens (including phenoxy) is 3. The van der Waals surface area contributed by atoms with Crippen LogP contribution < -0.4 is 9.47 Å². The molecule has 25 heavy (non-hydrogen) atoms. The smallest absolute Gasteiger partial charge is 0.231 e. The van der Waals surface area contributed by atoms with Gasteiger partial charge < -0.3 is 19.3 Å². The van der Waals surface area contributed by atoms with E-state index in [2.05, 4.69) is 13.5 Å². The number of fused-ring (bicyclic) bond motifs is 3. The largest absolute Gasteiger partial charge is 0.493 e. The highest BCUT2D eigenvalue weighted by molar-refractivity contribution is 5.98. The zero-order valence-corrected chi connectivity index (χ0v) is 14.4. The number of methoxy groups -OCH3 is 1. The van der Waals surface area contributed by atoms with E-state index >= 15 is 0 Å². The second kappa shape index (κ2) is 5.63. The maximum Gasteiger partial charge on any atom is 0.231 e. The summed E-state index contributed by atoms with van der Waals surface area (Å²) in [5.74, 6) is 0.985. The molecule has 1 saturated carbocycles. The first-order valence-corrected chi connectivity index (χ1v) is 8.53. The summed E-state index contributed by atoms with van der Waals surface area (Å²) in [6.45, 7) is 6.14. The minimum Gasteiger partial charge on any atom is -0.493 e. The maximum atomic E-state index is 12.9. The van der Waals surface area contributed by atoms with Gasteiger partial charge in [-0.1, -0.05) is 19.1 Å². The van der Waals surface area contributed by atoms with Crippen molar-refractivity contribution in [3.63, 3.8) is 0 Å². The van der Waals surface area contributed by atoms with Crippen molar-refractivity contribution in [3.8, 4) is 11.5 Å². The first kappa shape index (κ1) is 16.2. The van der Waals surface area contributed by atoms with E-state index in [-0.39, 0.29) is 24.4 Å². The van der Waals surface area contributed by atoms with Crippen LogP contribution >= 0.6 is 0 Å². The molecule has 0 aromatic heterocycles. The lowest BCUT2D eigenvalue weighted by atomic mass is 9.70. The van der Waals surface area contributed by atoms with Crippen LogP contribution in [0.15, 0.2) is 42.7 Å². The fourth-order valence-electron chi connectivity index (χ4n) is 4.84. The molecule has 4 rings (SSSR count). The van der Waals surface area contributed by atoms with Gasteiger partial charge in [0.25, 0.3) is 0 Å². The van der Waals surface area contributed by atoms with E-state index in [1.165, 1.54) is 7.11 Å². The Labute approximate surface area is 146 Å². The molecule has 132 valence electrons. The number of ketones is 1. The van der Waals surface area contributed by atoms with E-state index in [4.69, 9.17) is 14.2 Å². The first-order valence-electron chi connectivity index (χ1n) is 8.53. The van der Waals surface area contributed by atoms with Crippen molar-refractivity contribution >= 4 is 5.78 Å². The van der Waals surface area contributed by atoms with Crippen molar-refractivity contribution in [1.82, 2.24) is 0 Å². The van der Waals surface area contributed by atoms with Crippen molar-refractivity contribution in [2.75, 3.05) is 13.9 Å². The summed E-state index contributed by atoms with van der Waals surface area (Å²) in [6, 6.07) is 5.76. The number of rotatable bonds is 4. The molecule has 1 heterocycles. The average molecular weight is 342 g/mol. The number of aliphatic hydroxyl groups excluding tert-OH is 1. The van der Waals surface area contributed by atoms with Gasteiger partial charge in [-0.05, 0) is 36.1 Å². The van der Waals surface area contributed by atoms with Gasteiger partial charge in [0.15, 0.2) is 17.3 Å². The third-order valence-corrected chi connectivity index (χ3v) is 6.11. The number of benzene rings is 1. The molecular formula is C20H22O5. The summed E-state index contributed by atoms with van der Waals surface area (Å²) in [5, 5.41) is 11.0. The molecule has 0 amide bonds. The van der Waals surface area contributed by atoms with Gasteiger partial charge in [-0.3, -0.25) is 4.79 Å². The summed E-state index contributed by atoms with van der Waals surface area (Å²) < 4.78 is 16.2. The number of hydrogen-bond acceptors (Lipinski definition) is 5. The van der Waals surface area contributed by atoms with Gasteiger partial charge in [0.1, 0.15) is 0 Å². The van der Waals surface area contributed by atoms with E-state index in [9.17, 15) is 9.90 Å². The highest BCUT2D eigenvalue weighted by atomic mass is 16.7. The SMILES string of the molecule is C=CC[C@@]12C=C(OC)C(=O)[C@@H]([C@H](c3ccc4c(c3)OCO4)[C@H]1C)[C@@H]2O. The zero-order valence-electron chi connectivity index (χ0n) is 14.4. The fraction of sp³-hybridized carbons (Fsp3) is 0.450. The lowest BCUT2D eigenvalue weighted by molar-refractivity contribution is -0.128. The molecule has 2 bridgehead atoms. The van der Waals surface area contributed by atoms with Crippen LogP contribution in [0.5, 0.6) is 11.5 Å². The van der Waals surface area contributed by atoms with Crippen LogP contribution in [0.1, 0.15) is 24.8 Å². The molecule has 1 aromatic carbocycles. The van der Waals surface area contributed by atoms with Crippen LogP contribution in [-0.2, 0) is 9.53 Å². The number of Topliss-reactive ketones (excluding diaryl/α,β-unsaturated/α-hetero) is 1. The second-order valence-electron chi connectivity index (χ2n) is 7.08. The lowest BCUT2D eigenvalue weighted by Crippen LogP contribution is -2.42. The zero-order chi connectivity index (χ0) is 17.8. The van der Waals surface area contributed by atoms with Crippen LogP contribution in [-0.4, -0.2) is 30.9 Å². The van der Waals surface area contributed by atoms with Gasteiger partial charge in [0.05, 0.1) is 19.1 Å². The van der Waals surface area contributed by atoms with Crippen molar-refractivity contribution in [1.29, 1.82) is 0 Å². The summed E-state index contributed by atoms with van der Waals surface area (Å²) >= 11 is 0. The van der Waals surface area contributed by atoms with E-state index < -0.39 is 17.4 Å². The third kappa shape index (κ3) is 2.08. The molecular weight excluding hydrogens is 320 g/mol. The molecule has 5 atom stereocenters. The van der Waals surface area contributed by atoms with Crippen molar-refractivity contribution in [3.05, 3.63) is 48.3 Å². The number of carbonyl (C=O) groups is 1. The van der Waals surface area contributed by atoms with E-state index in [1.54, 1.807) is 6.08 Å². The fourth-order valence-corrected chi connectivity index (χ4v) is 4.84. The number of carbonyl (C=O) groups excluding carboxylic acids is 1. The highest BCUT2D eigenvalue weighted by Gasteiger charge is 2.62. The summed E-state index contributed by atoms with van der Waals surface area (Å²) in [6.07, 6.45) is 3.45. The molecule has 0 radical (unpaired) electrons. The Bertz CT molecular complexity index is 767. The standard InChI is InChI=1S/C20H22O5/c1-4-7-20-9-15(23-3)18(21)17(19(20)22)16(11(20)2)12-5-6-13-14(8-12)25-10-24-13/h4-6,8-9,11,16-17,19,22H,1,7,10H2,2-3H3/t11-,16+,17-,19+,20-/m1/s1. The number of allylic oxidation sites excluding steroid dienone is 2. The molecule has 5 nitrogen and oxygen atoms in total. The van der Waals surface area contributed by atoms with Gasteiger partial charge in [0.2, 0.25) is 12.6 Å². The third-order valence-electron chi connectivity index (χ3n) is 6.11. The van der Waals surface area contributed by atoms with Crippen LogP contribution in [0.3, 0.4) is 0 Å². The normalized spacial score (nSPS) is 35.5. The molecule has 0 unspecified atom stereocenters. The minimum absolute atomic E-state index is 0.0440. The van der Waals surface area contributed by atoms with Gasteiger partial charge in [-0.25, -0.2) is 0 Å². The Morgan fingerprint density at radius 3 is 2.84 bits per heavy atom. The molecule has 1 fully saturated rings. The molecule has 1 aromatic rings. The molecule has 3 aliphatic rings. The monoisotopic (exact) mass is 342 g/mol.